The van der Waals surface area contributed by atoms with Gasteiger partial charge in [0.15, 0.2) is 11.5 Å². The molecule has 0 unspecified atom stereocenters. The van der Waals surface area contributed by atoms with Crippen LogP contribution in [0.15, 0.2) is 12.1 Å². The Morgan fingerprint density at radius 1 is 1.29 bits per heavy atom. The number of aromatic nitrogens is 2. The van der Waals surface area contributed by atoms with Gasteiger partial charge in [0.2, 0.25) is 0 Å². The predicted octanol–water partition coefficient (Wildman–Crippen LogP) is 2.60. The lowest BCUT2D eigenvalue weighted by Gasteiger charge is -2.28. The summed E-state index contributed by atoms with van der Waals surface area (Å²) in [5.41, 5.74) is 1.91. The molecule has 1 aliphatic heterocycles. The molecule has 1 fully saturated rings. The Morgan fingerprint density at radius 2 is 2.05 bits per heavy atom. The highest BCUT2D eigenvalue weighted by Crippen LogP contribution is 2.32. The molecule has 0 amide bonds. The topological polar surface area (TPSA) is 50.4 Å². The maximum atomic E-state index is 6.03. The van der Waals surface area contributed by atoms with Crippen molar-refractivity contribution in [2.24, 2.45) is 5.92 Å². The van der Waals surface area contributed by atoms with E-state index in [9.17, 15) is 0 Å². The zero-order chi connectivity index (χ0) is 14.8. The van der Waals surface area contributed by atoms with Crippen LogP contribution in [0.3, 0.4) is 0 Å². The van der Waals surface area contributed by atoms with E-state index in [4.69, 9.17) is 9.47 Å². The molecule has 0 aliphatic carbocycles. The maximum Gasteiger partial charge on any atom is 0.163 e. The molecule has 1 N–H and O–H groups in total. The van der Waals surface area contributed by atoms with E-state index in [1.807, 2.05) is 19.1 Å². The number of methoxy groups -OCH3 is 1. The van der Waals surface area contributed by atoms with E-state index < -0.39 is 0 Å². The Hall–Kier alpha value is -1.75. The molecule has 114 valence electrons. The number of benzene rings is 1. The van der Waals surface area contributed by atoms with Crippen LogP contribution in [-0.4, -0.2) is 48.7 Å². The number of aromatic amines is 1. The first-order chi connectivity index (χ1) is 10.2. The Kier molecular flexibility index (Phi) is 4.01. The summed E-state index contributed by atoms with van der Waals surface area (Å²) in [5, 5.41) is 0. The second-order valence-electron chi connectivity index (χ2n) is 5.90. The van der Waals surface area contributed by atoms with E-state index in [1.165, 1.54) is 12.8 Å². The largest absolute Gasteiger partial charge is 0.493 e. The second-order valence-corrected chi connectivity index (χ2v) is 5.90. The first-order valence-corrected chi connectivity index (χ1v) is 7.51. The van der Waals surface area contributed by atoms with Gasteiger partial charge >= 0.3 is 0 Å². The molecule has 2 heterocycles. The van der Waals surface area contributed by atoms with Crippen LogP contribution in [0.25, 0.3) is 11.0 Å². The van der Waals surface area contributed by atoms with Crippen molar-refractivity contribution in [2.45, 2.75) is 19.8 Å². The van der Waals surface area contributed by atoms with Gasteiger partial charge in [-0.3, -0.25) is 0 Å². The lowest BCUT2D eigenvalue weighted by Crippen LogP contribution is -2.32. The summed E-state index contributed by atoms with van der Waals surface area (Å²) < 4.78 is 11.5. The van der Waals surface area contributed by atoms with Crippen LogP contribution in [0, 0.1) is 12.8 Å². The molecule has 5 nitrogen and oxygen atoms in total. The van der Waals surface area contributed by atoms with E-state index >= 15 is 0 Å². The molecule has 1 aromatic heterocycles. The monoisotopic (exact) mass is 289 g/mol. The zero-order valence-electron chi connectivity index (χ0n) is 13.0. The van der Waals surface area contributed by atoms with Crippen molar-refractivity contribution >= 4 is 11.0 Å². The second kappa shape index (κ2) is 5.93. The van der Waals surface area contributed by atoms with Crippen LogP contribution >= 0.6 is 0 Å². The highest BCUT2D eigenvalue weighted by Gasteiger charge is 2.18. The summed E-state index contributed by atoms with van der Waals surface area (Å²) in [4.78, 5) is 10.0. The van der Waals surface area contributed by atoms with E-state index in [1.54, 1.807) is 7.11 Å². The first-order valence-electron chi connectivity index (χ1n) is 7.51. The van der Waals surface area contributed by atoms with E-state index in [0.29, 0.717) is 5.92 Å². The Labute approximate surface area is 125 Å². The van der Waals surface area contributed by atoms with Crippen molar-refractivity contribution in [3.63, 3.8) is 0 Å². The van der Waals surface area contributed by atoms with Crippen molar-refractivity contribution in [1.82, 2.24) is 14.9 Å². The maximum absolute atomic E-state index is 6.03. The summed E-state index contributed by atoms with van der Waals surface area (Å²) in [5.74, 6) is 3.08. The number of ether oxygens (including phenoxy) is 2. The molecular weight excluding hydrogens is 266 g/mol. The number of nitrogens with zero attached hydrogens (tertiary/aromatic N) is 2. The smallest absolute Gasteiger partial charge is 0.163 e. The molecule has 0 bridgehead atoms. The number of H-pyrrole nitrogens is 1. The molecule has 2 aromatic rings. The van der Waals surface area contributed by atoms with Crippen LogP contribution in [0.1, 0.15) is 18.7 Å². The molecule has 0 atom stereocenters. The summed E-state index contributed by atoms with van der Waals surface area (Å²) >= 11 is 0. The molecule has 0 spiro atoms. The number of rotatable bonds is 4. The highest BCUT2D eigenvalue weighted by atomic mass is 16.5. The van der Waals surface area contributed by atoms with Gasteiger partial charge in [0, 0.05) is 12.1 Å². The van der Waals surface area contributed by atoms with Gasteiger partial charge in [-0.2, -0.15) is 0 Å². The van der Waals surface area contributed by atoms with Crippen LogP contribution < -0.4 is 9.47 Å². The van der Waals surface area contributed by atoms with Crippen LogP contribution in [0.5, 0.6) is 11.5 Å². The number of nitrogens with one attached hydrogen (secondary N) is 1. The minimum atomic E-state index is 0.630. The Balaban J connectivity index is 1.73. The van der Waals surface area contributed by atoms with Gasteiger partial charge in [-0.25, -0.2) is 4.98 Å². The molecule has 3 rings (SSSR count). The van der Waals surface area contributed by atoms with Crippen molar-refractivity contribution in [3.05, 3.63) is 18.0 Å². The molecule has 1 aliphatic rings. The number of piperidine rings is 1. The summed E-state index contributed by atoms with van der Waals surface area (Å²) in [6.07, 6.45) is 2.40. The van der Waals surface area contributed by atoms with Gasteiger partial charge in [0.05, 0.1) is 24.8 Å². The SMILES string of the molecule is COc1cc2nc(C)[nH]c2cc1OCC1CCN(C)CC1. The van der Waals surface area contributed by atoms with Gasteiger partial charge in [-0.05, 0) is 45.8 Å². The summed E-state index contributed by atoms with van der Waals surface area (Å²) in [6, 6.07) is 3.92. The molecule has 5 heteroatoms. The molecule has 21 heavy (non-hydrogen) atoms. The van der Waals surface area contributed by atoms with Gasteiger partial charge in [0.25, 0.3) is 0 Å². The lowest BCUT2D eigenvalue weighted by atomic mass is 9.98. The number of imidazole rings is 1. The molecular formula is C16H23N3O2. The first kappa shape index (κ1) is 14.2. The molecule has 1 aromatic carbocycles. The zero-order valence-corrected chi connectivity index (χ0v) is 13.0. The third kappa shape index (κ3) is 3.13. The average molecular weight is 289 g/mol. The standard InChI is InChI=1S/C16H23N3O2/c1-11-17-13-8-15(20-3)16(9-14(13)18-11)21-10-12-4-6-19(2)7-5-12/h8-9,12H,4-7,10H2,1-3H3,(H,17,18). The van der Waals surface area contributed by atoms with E-state index in [-0.39, 0.29) is 0 Å². The minimum absolute atomic E-state index is 0.630. The third-order valence-electron chi connectivity index (χ3n) is 4.20. The number of hydrogen-bond acceptors (Lipinski definition) is 4. The van der Waals surface area contributed by atoms with Gasteiger partial charge in [0.1, 0.15) is 5.82 Å². The average Bonchev–Trinajstić information content (AvgIpc) is 2.84. The van der Waals surface area contributed by atoms with E-state index in [2.05, 4.69) is 21.9 Å². The van der Waals surface area contributed by atoms with Gasteiger partial charge in [-0.1, -0.05) is 0 Å². The minimum Gasteiger partial charge on any atom is -0.493 e. The lowest BCUT2D eigenvalue weighted by molar-refractivity contribution is 0.157. The Bertz CT molecular complexity index is 615. The highest BCUT2D eigenvalue weighted by molar-refractivity contribution is 5.79. The fourth-order valence-corrected chi connectivity index (χ4v) is 2.85. The fraction of sp³-hybridized carbons (Fsp3) is 0.562. The number of fused-ring (bicyclic) bond motifs is 1. The molecule has 0 radical (unpaired) electrons. The normalized spacial score (nSPS) is 17.3. The van der Waals surface area contributed by atoms with Crippen molar-refractivity contribution in [3.8, 4) is 11.5 Å². The molecule has 1 saturated heterocycles. The number of aryl methyl sites for hydroxylation is 1. The third-order valence-corrected chi connectivity index (χ3v) is 4.20. The van der Waals surface area contributed by atoms with Gasteiger partial charge < -0.3 is 19.4 Å². The summed E-state index contributed by atoms with van der Waals surface area (Å²) in [6.45, 7) is 5.02. The Morgan fingerprint density at radius 3 is 2.76 bits per heavy atom. The summed E-state index contributed by atoms with van der Waals surface area (Å²) in [7, 11) is 3.84. The van der Waals surface area contributed by atoms with Gasteiger partial charge in [-0.15, -0.1) is 0 Å². The fourth-order valence-electron chi connectivity index (χ4n) is 2.85. The predicted molar refractivity (Wildman–Crippen MR) is 83.1 cm³/mol. The van der Waals surface area contributed by atoms with Crippen molar-refractivity contribution in [2.75, 3.05) is 33.9 Å². The van der Waals surface area contributed by atoms with Crippen LogP contribution in [-0.2, 0) is 0 Å². The van der Waals surface area contributed by atoms with Crippen LogP contribution in [0.2, 0.25) is 0 Å². The quantitative estimate of drug-likeness (QED) is 0.940. The van der Waals surface area contributed by atoms with Crippen molar-refractivity contribution < 1.29 is 9.47 Å². The van der Waals surface area contributed by atoms with Crippen molar-refractivity contribution in [1.29, 1.82) is 0 Å². The number of hydrogen-bond donors (Lipinski definition) is 1. The van der Waals surface area contributed by atoms with Crippen LogP contribution in [0.4, 0.5) is 0 Å². The number of likely N-dealkylation sites (tertiary alicyclic amines) is 1. The molecule has 0 saturated carbocycles. The van der Waals surface area contributed by atoms with E-state index in [0.717, 1.165) is 48.1 Å².